The monoisotopic (exact) mass is 439 g/mol. The summed E-state index contributed by atoms with van der Waals surface area (Å²) < 4.78 is 35.8. The van der Waals surface area contributed by atoms with E-state index in [1.165, 1.54) is 28.6 Å². The molecule has 1 aliphatic rings. The number of nitrogens with one attached hydrogen (secondary N) is 1. The SMILES string of the molecule is CCOC(=O)c1nnsc1NC(=O)c1cccc(S(=O)(=O)N2CCN(C)CC2)c1. The van der Waals surface area contributed by atoms with Gasteiger partial charge in [0, 0.05) is 43.3 Å². The highest BCUT2D eigenvalue weighted by atomic mass is 32.2. The molecule has 1 aliphatic heterocycles. The zero-order valence-corrected chi connectivity index (χ0v) is 17.6. The highest BCUT2D eigenvalue weighted by molar-refractivity contribution is 7.89. The molecule has 1 fully saturated rings. The summed E-state index contributed by atoms with van der Waals surface area (Å²) in [6.07, 6.45) is 0. The number of carbonyl (C=O) groups excluding carboxylic acids is 2. The molecule has 29 heavy (non-hydrogen) atoms. The van der Waals surface area contributed by atoms with E-state index >= 15 is 0 Å². The van der Waals surface area contributed by atoms with E-state index < -0.39 is 21.9 Å². The van der Waals surface area contributed by atoms with Gasteiger partial charge >= 0.3 is 5.97 Å². The minimum Gasteiger partial charge on any atom is -0.461 e. The predicted octanol–water partition coefficient (Wildman–Crippen LogP) is 0.903. The van der Waals surface area contributed by atoms with E-state index in [1.54, 1.807) is 6.92 Å². The Morgan fingerprint density at radius 1 is 1.24 bits per heavy atom. The third-order valence-corrected chi connectivity index (χ3v) is 6.92. The fraction of sp³-hybridized carbons (Fsp3) is 0.412. The van der Waals surface area contributed by atoms with Gasteiger partial charge in [-0.15, -0.1) is 5.10 Å². The Morgan fingerprint density at radius 2 is 1.97 bits per heavy atom. The molecule has 0 atom stereocenters. The van der Waals surface area contributed by atoms with Gasteiger partial charge in [-0.25, -0.2) is 13.2 Å². The average Bonchev–Trinajstić information content (AvgIpc) is 3.17. The van der Waals surface area contributed by atoms with Gasteiger partial charge in [-0.3, -0.25) is 4.79 Å². The number of benzene rings is 1. The van der Waals surface area contributed by atoms with Crippen LogP contribution in [0.25, 0.3) is 0 Å². The van der Waals surface area contributed by atoms with Gasteiger partial charge in [-0.1, -0.05) is 10.6 Å². The Hall–Kier alpha value is -2.41. The summed E-state index contributed by atoms with van der Waals surface area (Å²) in [6.45, 7) is 3.90. The molecular weight excluding hydrogens is 418 g/mol. The summed E-state index contributed by atoms with van der Waals surface area (Å²) in [5, 5.41) is 6.37. The smallest absolute Gasteiger partial charge is 0.362 e. The van der Waals surface area contributed by atoms with Gasteiger partial charge in [-0.2, -0.15) is 4.31 Å². The summed E-state index contributed by atoms with van der Waals surface area (Å²) in [6, 6.07) is 5.79. The lowest BCUT2D eigenvalue weighted by Gasteiger charge is -2.31. The highest BCUT2D eigenvalue weighted by Gasteiger charge is 2.28. The molecule has 1 amide bonds. The van der Waals surface area contributed by atoms with Gasteiger partial charge in [0.1, 0.15) is 0 Å². The molecule has 2 aromatic rings. The number of sulfonamides is 1. The topological polar surface area (TPSA) is 122 Å². The number of hydrogen-bond donors (Lipinski definition) is 1. The number of rotatable bonds is 6. The molecule has 0 spiro atoms. The maximum Gasteiger partial charge on any atom is 0.362 e. The molecule has 3 rings (SSSR count). The van der Waals surface area contributed by atoms with Crippen molar-refractivity contribution in [1.29, 1.82) is 0 Å². The lowest BCUT2D eigenvalue weighted by Crippen LogP contribution is -2.47. The molecule has 1 aromatic carbocycles. The Morgan fingerprint density at radius 3 is 2.66 bits per heavy atom. The zero-order chi connectivity index (χ0) is 21.0. The molecule has 2 heterocycles. The minimum absolute atomic E-state index is 0.0442. The molecule has 0 aliphatic carbocycles. The fourth-order valence-corrected chi connectivity index (χ4v) is 4.78. The van der Waals surface area contributed by atoms with Gasteiger partial charge in [0.2, 0.25) is 15.7 Å². The Bertz CT molecular complexity index is 999. The van der Waals surface area contributed by atoms with Crippen molar-refractivity contribution in [1.82, 2.24) is 18.8 Å². The van der Waals surface area contributed by atoms with E-state index in [4.69, 9.17) is 4.74 Å². The molecule has 10 nitrogen and oxygen atoms in total. The lowest BCUT2D eigenvalue weighted by molar-refractivity contribution is 0.0520. The van der Waals surface area contributed by atoms with Gasteiger partial charge in [-0.05, 0) is 32.2 Å². The van der Waals surface area contributed by atoms with Gasteiger partial charge < -0.3 is 15.0 Å². The van der Waals surface area contributed by atoms with Crippen LogP contribution in [0.3, 0.4) is 0 Å². The fourth-order valence-electron chi connectivity index (χ4n) is 2.76. The second-order valence-electron chi connectivity index (χ2n) is 6.36. The number of ether oxygens (including phenoxy) is 1. The van der Waals surface area contributed by atoms with Crippen LogP contribution in [0.4, 0.5) is 5.00 Å². The minimum atomic E-state index is -3.70. The van der Waals surface area contributed by atoms with Crippen LogP contribution in [0.1, 0.15) is 27.8 Å². The maximum atomic E-state index is 12.9. The summed E-state index contributed by atoms with van der Waals surface area (Å²) in [5.41, 5.74) is 0.0508. The van der Waals surface area contributed by atoms with E-state index in [9.17, 15) is 18.0 Å². The quantitative estimate of drug-likeness (QED) is 0.659. The van der Waals surface area contributed by atoms with Gasteiger partial charge in [0.15, 0.2) is 5.00 Å². The number of likely N-dealkylation sites (N-methyl/N-ethyl adjacent to an activating group) is 1. The molecule has 12 heteroatoms. The number of hydrogen-bond acceptors (Lipinski definition) is 9. The number of esters is 1. The van der Waals surface area contributed by atoms with Crippen molar-refractivity contribution in [2.75, 3.05) is 45.2 Å². The number of nitrogens with zero attached hydrogens (tertiary/aromatic N) is 4. The van der Waals surface area contributed by atoms with E-state index in [2.05, 4.69) is 19.8 Å². The van der Waals surface area contributed by atoms with E-state index in [0.29, 0.717) is 26.2 Å². The Labute approximate surface area is 172 Å². The second-order valence-corrected chi connectivity index (χ2v) is 9.05. The van der Waals surface area contributed by atoms with Crippen LogP contribution in [-0.2, 0) is 14.8 Å². The van der Waals surface area contributed by atoms with E-state index in [0.717, 1.165) is 11.5 Å². The van der Waals surface area contributed by atoms with Crippen LogP contribution >= 0.6 is 11.5 Å². The predicted molar refractivity (Wildman–Crippen MR) is 107 cm³/mol. The largest absolute Gasteiger partial charge is 0.461 e. The van der Waals surface area contributed by atoms with Gasteiger partial charge in [0.25, 0.3) is 5.91 Å². The number of amides is 1. The van der Waals surface area contributed by atoms with Crippen molar-refractivity contribution in [2.45, 2.75) is 11.8 Å². The first-order chi connectivity index (χ1) is 13.8. The van der Waals surface area contributed by atoms with Crippen LogP contribution in [0.15, 0.2) is 29.2 Å². The first-order valence-electron chi connectivity index (χ1n) is 8.92. The molecule has 0 bridgehead atoms. The highest BCUT2D eigenvalue weighted by Crippen LogP contribution is 2.22. The maximum absolute atomic E-state index is 12.9. The normalized spacial score (nSPS) is 15.8. The van der Waals surface area contributed by atoms with Crippen molar-refractivity contribution < 1.29 is 22.7 Å². The van der Waals surface area contributed by atoms with Crippen molar-refractivity contribution >= 4 is 38.4 Å². The summed E-state index contributed by atoms with van der Waals surface area (Å²) in [4.78, 5) is 26.6. The number of aromatic nitrogens is 2. The number of piperazine rings is 1. The molecular formula is C17H21N5O5S2. The van der Waals surface area contributed by atoms with Crippen molar-refractivity contribution in [3.05, 3.63) is 35.5 Å². The standard InChI is InChI=1S/C17H21N5O5S2/c1-3-27-17(24)14-16(28-20-19-14)18-15(23)12-5-4-6-13(11-12)29(25,26)22-9-7-21(2)8-10-22/h4-6,11H,3,7-10H2,1-2H3,(H,18,23). The van der Waals surface area contributed by atoms with Crippen LogP contribution in [0.2, 0.25) is 0 Å². The number of anilines is 1. The van der Waals surface area contributed by atoms with Crippen LogP contribution in [0, 0.1) is 0 Å². The Balaban J connectivity index is 1.78. The lowest BCUT2D eigenvalue weighted by atomic mass is 10.2. The molecule has 0 unspecified atom stereocenters. The zero-order valence-electron chi connectivity index (χ0n) is 16.0. The molecule has 0 radical (unpaired) electrons. The third kappa shape index (κ3) is 4.78. The van der Waals surface area contributed by atoms with E-state index in [1.807, 2.05) is 7.05 Å². The average molecular weight is 440 g/mol. The number of carbonyl (C=O) groups is 2. The summed E-state index contributed by atoms with van der Waals surface area (Å²) in [7, 11) is -1.76. The second kappa shape index (κ2) is 8.95. The summed E-state index contributed by atoms with van der Waals surface area (Å²) in [5.74, 6) is -1.26. The van der Waals surface area contributed by atoms with E-state index in [-0.39, 0.29) is 27.8 Å². The first kappa shape index (κ1) is 21.3. The summed E-state index contributed by atoms with van der Waals surface area (Å²) >= 11 is 0.834. The van der Waals surface area contributed by atoms with Crippen LogP contribution in [-0.4, -0.2) is 78.9 Å². The molecule has 1 saturated heterocycles. The van der Waals surface area contributed by atoms with Crippen LogP contribution in [0.5, 0.6) is 0 Å². The van der Waals surface area contributed by atoms with Crippen molar-refractivity contribution in [2.24, 2.45) is 0 Å². The third-order valence-electron chi connectivity index (χ3n) is 4.38. The Kier molecular flexibility index (Phi) is 6.57. The molecule has 1 aromatic heterocycles. The van der Waals surface area contributed by atoms with Crippen LogP contribution < -0.4 is 5.32 Å². The van der Waals surface area contributed by atoms with Crippen molar-refractivity contribution in [3.8, 4) is 0 Å². The first-order valence-corrected chi connectivity index (χ1v) is 11.1. The molecule has 156 valence electrons. The molecule has 0 saturated carbocycles. The molecule has 1 N–H and O–H groups in total. The van der Waals surface area contributed by atoms with Crippen molar-refractivity contribution in [3.63, 3.8) is 0 Å². The van der Waals surface area contributed by atoms with Gasteiger partial charge in [0.05, 0.1) is 11.5 Å².